The van der Waals surface area contributed by atoms with Crippen LogP contribution < -0.4 is 0 Å². The zero-order chi connectivity index (χ0) is 19.0. The van der Waals surface area contributed by atoms with Crippen molar-refractivity contribution in [2.24, 2.45) is 0 Å². The van der Waals surface area contributed by atoms with E-state index >= 15 is 0 Å². The molecule has 0 amide bonds. The number of rotatable bonds is 9. The highest BCUT2D eigenvalue weighted by molar-refractivity contribution is 5.69. The lowest BCUT2D eigenvalue weighted by atomic mass is 9.99. The standard InChI is InChI=1S/C15H26O10/c1-3-4-11(18)24-9(6-22-8(2)17)7-23-15-14(21)13(20)12(19)10(5-16)25-15/h9-10,12-16,19-21H,3-7H2,1-2H3/t9-,10-,12+,13+,14-,15-/m1/s1. The van der Waals surface area contributed by atoms with Crippen LogP contribution in [-0.4, -0.2) is 89.0 Å². The van der Waals surface area contributed by atoms with E-state index < -0.39 is 55.4 Å². The van der Waals surface area contributed by atoms with E-state index in [-0.39, 0.29) is 19.6 Å². The van der Waals surface area contributed by atoms with E-state index in [0.717, 1.165) is 0 Å². The van der Waals surface area contributed by atoms with Crippen molar-refractivity contribution in [3.63, 3.8) is 0 Å². The Labute approximate surface area is 145 Å². The molecule has 1 aliphatic heterocycles. The van der Waals surface area contributed by atoms with Crippen molar-refractivity contribution in [2.75, 3.05) is 19.8 Å². The van der Waals surface area contributed by atoms with Crippen LogP contribution in [0.15, 0.2) is 0 Å². The van der Waals surface area contributed by atoms with Crippen molar-refractivity contribution >= 4 is 11.9 Å². The molecule has 0 radical (unpaired) electrons. The van der Waals surface area contributed by atoms with Crippen LogP contribution in [0.5, 0.6) is 0 Å². The maximum absolute atomic E-state index is 11.6. The summed E-state index contributed by atoms with van der Waals surface area (Å²) in [5.41, 5.74) is 0. The molecule has 0 spiro atoms. The Hall–Kier alpha value is -1.30. The third-order valence-corrected chi connectivity index (χ3v) is 3.52. The predicted molar refractivity (Wildman–Crippen MR) is 81.1 cm³/mol. The molecule has 146 valence electrons. The molecule has 0 aromatic rings. The van der Waals surface area contributed by atoms with Gasteiger partial charge >= 0.3 is 11.9 Å². The van der Waals surface area contributed by atoms with Crippen LogP contribution in [-0.2, 0) is 28.5 Å². The fourth-order valence-corrected chi connectivity index (χ4v) is 2.18. The molecule has 1 aliphatic rings. The first-order chi connectivity index (χ1) is 11.8. The number of hydrogen-bond acceptors (Lipinski definition) is 10. The third-order valence-electron chi connectivity index (χ3n) is 3.52. The van der Waals surface area contributed by atoms with E-state index in [1.807, 2.05) is 0 Å². The minimum absolute atomic E-state index is 0.177. The first-order valence-corrected chi connectivity index (χ1v) is 8.05. The van der Waals surface area contributed by atoms with Gasteiger partial charge in [-0.3, -0.25) is 9.59 Å². The van der Waals surface area contributed by atoms with Crippen LogP contribution in [0.1, 0.15) is 26.7 Å². The molecule has 1 rings (SSSR count). The molecule has 4 N–H and O–H groups in total. The normalized spacial score (nSPS) is 30.6. The lowest BCUT2D eigenvalue weighted by Gasteiger charge is -2.39. The summed E-state index contributed by atoms with van der Waals surface area (Å²) in [7, 11) is 0. The van der Waals surface area contributed by atoms with Crippen LogP contribution in [0.25, 0.3) is 0 Å². The average molecular weight is 366 g/mol. The molecule has 6 atom stereocenters. The SMILES string of the molecule is CCCC(=O)O[C@H](COC(C)=O)CO[C@@H]1O[C@H](CO)[C@H](O)[C@H](O)[C@H]1O. The molecule has 25 heavy (non-hydrogen) atoms. The Bertz CT molecular complexity index is 427. The fraction of sp³-hybridized carbons (Fsp3) is 0.867. The zero-order valence-corrected chi connectivity index (χ0v) is 14.2. The Balaban J connectivity index is 2.63. The van der Waals surface area contributed by atoms with Gasteiger partial charge in [0.15, 0.2) is 12.4 Å². The van der Waals surface area contributed by atoms with Gasteiger partial charge in [0.05, 0.1) is 13.2 Å². The monoisotopic (exact) mass is 366 g/mol. The number of aliphatic hydroxyl groups excluding tert-OH is 4. The van der Waals surface area contributed by atoms with Crippen LogP contribution >= 0.6 is 0 Å². The first-order valence-electron chi connectivity index (χ1n) is 8.05. The predicted octanol–water partition coefficient (Wildman–Crippen LogP) is -1.92. The van der Waals surface area contributed by atoms with E-state index in [2.05, 4.69) is 0 Å². The summed E-state index contributed by atoms with van der Waals surface area (Å²) in [5.74, 6) is -1.07. The second-order valence-corrected chi connectivity index (χ2v) is 5.70. The lowest BCUT2D eigenvalue weighted by Crippen LogP contribution is -2.59. The van der Waals surface area contributed by atoms with E-state index in [1.165, 1.54) is 6.92 Å². The van der Waals surface area contributed by atoms with E-state index in [1.54, 1.807) is 6.92 Å². The largest absolute Gasteiger partial charge is 0.462 e. The number of hydrogen-bond donors (Lipinski definition) is 4. The molecule has 0 bridgehead atoms. The van der Waals surface area contributed by atoms with Gasteiger partial charge in [-0.15, -0.1) is 0 Å². The van der Waals surface area contributed by atoms with Gasteiger partial charge < -0.3 is 39.4 Å². The number of carbonyl (C=O) groups is 2. The van der Waals surface area contributed by atoms with Crippen molar-refractivity contribution in [2.45, 2.75) is 63.5 Å². The molecule has 10 nitrogen and oxygen atoms in total. The van der Waals surface area contributed by atoms with Gasteiger partial charge in [0.25, 0.3) is 0 Å². The van der Waals surface area contributed by atoms with Crippen LogP contribution in [0, 0.1) is 0 Å². The summed E-state index contributed by atoms with van der Waals surface area (Å²) in [6.45, 7) is 1.87. The molecule has 1 heterocycles. The average Bonchev–Trinajstić information content (AvgIpc) is 2.56. The van der Waals surface area contributed by atoms with Crippen LogP contribution in [0.4, 0.5) is 0 Å². The molecule has 0 saturated carbocycles. The molecule has 10 heteroatoms. The lowest BCUT2D eigenvalue weighted by molar-refractivity contribution is -0.305. The van der Waals surface area contributed by atoms with Crippen molar-refractivity contribution in [3.05, 3.63) is 0 Å². The van der Waals surface area contributed by atoms with Crippen molar-refractivity contribution in [1.29, 1.82) is 0 Å². The van der Waals surface area contributed by atoms with Gasteiger partial charge in [0, 0.05) is 13.3 Å². The first kappa shape index (κ1) is 21.7. The zero-order valence-electron chi connectivity index (χ0n) is 14.2. The van der Waals surface area contributed by atoms with Crippen molar-refractivity contribution < 1.29 is 49.0 Å². The number of carbonyl (C=O) groups excluding carboxylic acids is 2. The highest BCUT2D eigenvalue weighted by Crippen LogP contribution is 2.22. The topological polar surface area (TPSA) is 152 Å². The molecule has 1 saturated heterocycles. The van der Waals surface area contributed by atoms with Crippen LogP contribution in [0.2, 0.25) is 0 Å². The Morgan fingerprint density at radius 3 is 2.36 bits per heavy atom. The Morgan fingerprint density at radius 1 is 1.12 bits per heavy atom. The summed E-state index contributed by atoms with van der Waals surface area (Å²) in [6, 6.07) is 0. The number of esters is 2. The fourth-order valence-electron chi connectivity index (χ4n) is 2.18. The quantitative estimate of drug-likeness (QED) is 0.340. The Morgan fingerprint density at radius 2 is 1.80 bits per heavy atom. The summed E-state index contributed by atoms with van der Waals surface area (Å²) in [4.78, 5) is 22.5. The van der Waals surface area contributed by atoms with Gasteiger partial charge in [-0.1, -0.05) is 6.92 Å². The molecule has 1 fully saturated rings. The second-order valence-electron chi connectivity index (χ2n) is 5.70. The maximum Gasteiger partial charge on any atom is 0.306 e. The van der Waals surface area contributed by atoms with Crippen molar-refractivity contribution in [1.82, 2.24) is 0 Å². The highest BCUT2D eigenvalue weighted by atomic mass is 16.7. The second kappa shape index (κ2) is 10.6. The molecule has 0 unspecified atom stereocenters. The van der Waals surface area contributed by atoms with Gasteiger partial charge in [-0.2, -0.15) is 0 Å². The molecule has 0 aromatic carbocycles. The number of aliphatic hydroxyl groups is 4. The Kier molecular flexibility index (Phi) is 9.25. The van der Waals surface area contributed by atoms with Crippen LogP contribution in [0.3, 0.4) is 0 Å². The molecular weight excluding hydrogens is 340 g/mol. The van der Waals surface area contributed by atoms with E-state index in [9.17, 15) is 24.9 Å². The molecule has 0 aliphatic carbocycles. The third kappa shape index (κ3) is 6.84. The van der Waals surface area contributed by atoms with Crippen molar-refractivity contribution in [3.8, 4) is 0 Å². The number of ether oxygens (including phenoxy) is 4. The van der Waals surface area contributed by atoms with Gasteiger partial charge in [0.1, 0.15) is 31.0 Å². The van der Waals surface area contributed by atoms with Gasteiger partial charge in [0.2, 0.25) is 0 Å². The maximum atomic E-state index is 11.6. The smallest absolute Gasteiger partial charge is 0.306 e. The van der Waals surface area contributed by atoms with Gasteiger partial charge in [-0.25, -0.2) is 0 Å². The minimum Gasteiger partial charge on any atom is -0.462 e. The molecule has 0 aromatic heterocycles. The van der Waals surface area contributed by atoms with E-state index in [4.69, 9.17) is 24.1 Å². The van der Waals surface area contributed by atoms with E-state index in [0.29, 0.717) is 6.42 Å². The summed E-state index contributed by atoms with van der Waals surface area (Å²) >= 11 is 0. The minimum atomic E-state index is -1.58. The summed E-state index contributed by atoms with van der Waals surface area (Å²) in [6.07, 6.45) is -7.31. The highest BCUT2D eigenvalue weighted by Gasteiger charge is 2.44. The summed E-state index contributed by atoms with van der Waals surface area (Å²) < 4.78 is 20.4. The summed E-state index contributed by atoms with van der Waals surface area (Å²) in [5, 5.41) is 38.4. The molecular formula is C15H26O10. The van der Waals surface area contributed by atoms with Gasteiger partial charge in [-0.05, 0) is 6.42 Å².